The van der Waals surface area contributed by atoms with E-state index in [1.54, 1.807) is 6.07 Å². The van der Waals surface area contributed by atoms with E-state index in [2.05, 4.69) is 36.1 Å². The highest BCUT2D eigenvalue weighted by Crippen LogP contribution is 2.14. The molecule has 0 aliphatic heterocycles. The third-order valence-electron chi connectivity index (χ3n) is 3.01. The summed E-state index contributed by atoms with van der Waals surface area (Å²) in [6.45, 7) is 4.95. The molecule has 94 valence electrons. The first kappa shape index (κ1) is 12.7. The Bertz CT molecular complexity index is 481. The second kappa shape index (κ2) is 6.22. The molecule has 0 aliphatic carbocycles. The van der Waals surface area contributed by atoms with E-state index in [-0.39, 0.29) is 0 Å². The molecule has 0 fully saturated rings. The van der Waals surface area contributed by atoms with Crippen LogP contribution in [-0.2, 0) is 13.1 Å². The van der Waals surface area contributed by atoms with E-state index in [4.69, 9.17) is 0 Å². The fraction of sp³-hybridized carbons (Fsp3) is 0.250. The quantitative estimate of drug-likeness (QED) is 0.867. The number of nitrogens with zero attached hydrogens (tertiary/aromatic N) is 1. The summed E-state index contributed by atoms with van der Waals surface area (Å²) in [6.07, 6.45) is 0. The van der Waals surface area contributed by atoms with Crippen LogP contribution in [0.5, 0.6) is 5.75 Å². The summed E-state index contributed by atoms with van der Waals surface area (Å²) in [4.78, 5) is 2.35. The number of aromatic hydroxyl groups is 1. The molecule has 2 nitrogen and oxygen atoms in total. The second-order valence-electron chi connectivity index (χ2n) is 4.46. The van der Waals surface area contributed by atoms with Crippen molar-refractivity contribution in [2.24, 2.45) is 0 Å². The molecule has 2 aromatic rings. The van der Waals surface area contributed by atoms with Gasteiger partial charge in [0, 0.05) is 13.1 Å². The molecular weight excluding hydrogens is 222 g/mol. The molecule has 0 saturated heterocycles. The van der Waals surface area contributed by atoms with Crippen molar-refractivity contribution in [3.8, 4) is 5.75 Å². The van der Waals surface area contributed by atoms with Gasteiger partial charge in [0.25, 0.3) is 0 Å². The fourth-order valence-electron chi connectivity index (χ4n) is 2.03. The molecule has 18 heavy (non-hydrogen) atoms. The van der Waals surface area contributed by atoms with Gasteiger partial charge in [-0.05, 0) is 29.8 Å². The van der Waals surface area contributed by atoms with E-state index < -0.39 is 0 Å². The standard InChI is InChI=1S/C16H19NO/c1-2-17(12-14-7-4-3-5-8-14)13-15-9-6-10-16(18)11-15/h3-11,18H,2,12-13H2,1H3. The molecule has 1 N–H and O–H groups in total. The molecule has 0 amide bonds. The van der Waals surface area contributed by atoms with Crippen LogP contribution in [0.15, 0.2) is 54.6 Å². The van der Waals surface area contributed by atoms with Crippen molar-refractivity contribution < 1.29 is 5.11 Å². The number of hydrogen-bond acceptors (Lipinski definition) is 2. The third-order valence-corrected chi connectivity index (χ3v) is 3.01. The minimum Gasteiger partial charge on any atom is -0.508 e. The van der Waals surface area contributed by atoms with Crippen LogP contribution < -0.4 is 0 Å². The minimum atomic E-state index is 0.336. The Balaban J connectivity index is 2.01. The Labute approximate surface area is 109 Å². The van der Waals surface area contributed by atoms with Gasteiger partial charge < -0.3 is 5.11 Å². The Hall–Kier alpha value is -1.80. The summed E-state index contributed by atoms with van der Waals surface area (Å²) in [5, 5.41) is 9.47. The van der Waals surface area contributed by atoms with Gasteiger partial charge in [-0.1, -0.05) is 49.4 Å². The lowest BCUT2D eigenvalue weighted by atomic mass is 10.1. The zero-order valence-corrected chi connectivity index (χ0v) is 10.7. The molecule has 0 bridgehead atoms. The van der Waals surface area contributed by atoms with Crippen molar-refractivity contribution in [3.63, 3.8) is 0 Å². The molecule has 0 spiro atoms. The normalized spacial score (nSPS) is 10.8. The van der Waals surface area contributed by atoms with Crippen molar-refractivity contribution in [2.45, 2.75) is 20.0 Å². The SMILES string of the molecule is CCN(Cc1ccccc1)Cc1cccc(O)c1. The first-order valence-electron chi connectivity index (χ1n) is 6.32. The van der Waals surface area contributed by atoms with E-state index in [0.717, 1.165) is 25.2 Å². The molecule has 0 aliphatic rings. The number of phenols is 1. The molecule has 0 radical (unpaired) electrons. The zero-order valence-electron chi connectivity index (χ0n) is 10.7. The summed E-state index contributed by atoms with van der Waals surface area (Å²) in [5.74, 6) is 0.336. The summed E-state index contributed by atoms with van der Waals surface area (Å²) < 4.78 is 0. The van der Waals surface area contributed by atoms with E-state index in [9.17, 15) is 5.11 Å². The molecule has 0 atom stereocenters. The van der Waals surface area contributed by atoms with Crippen LogP contribution in [0.3, 0.4) is 0 Å². The van der Waals surface area contributed by atoms with Crippen LogP contribution >= 0.6 is 0 Å². The Morgan fingerprint density at radius 3 is 2.22 bits per heavy atom. The van der Waals surface area contributed by atoms with Gasteiger partial charge in [-0.3, -0.25) is 4.90 Å². The first-order valence-corrected chi connectivity index (χ1v) is 6.32. The van der Waals surface area contributed by atoms with Gasteiger partial charge in [-0.25, -0.2) is 0 Å². The lowest BCUT2D eigenvalue weighted by Crippen LogP contribution is -2.22. The Kier molecular flexibility index (Phi) is 4.37. The van der Waals surface area contributed by atoms with E-state index in [0.29, 0.717) is 5.75 Å². The first-order chi connectivity index (χ1) is 8.78. The van der Waals surface area contributed by atoms with Crippen LogP contribution in [0.1, 0.15) is 18.1 Å². The Morgan fingerprint density at radius 2 is 1.56 bits per heavy atom. The highest BCUT2D eigenvalue weighted by atomic mass is 16.3. The monoisotopic (exact) mass is 241 g/mol. The van der Waals surface area contributed by atoms with Crippen molar-refractivity contribution in [2.75, 3.05) is 6.54 Å². The minimum absolute atomic E-state index is 0.336. The van der Waals surface area contributed by atoms with Crippen LogP contribution in [0.25, 0.3) is 0 Å². The summed E-state index contributed by atoms with van der Waals surface area (Å²) in [5.41, 5.74) is 2.47. The van der Waals surface area contributed by atoms with Crippen LogP contribution in [0.4, 0.5) is 0 Å². The molecule has 0 saturated carbocycles. The highest BCUT2D eigenvalue weighted by molar-refractivity contribution is 5.27. The van der Waals surface area contributed by atoms with Crippen LogP contribution in [-0.4, -0.2) is 16.6 Å². The fourth-order valence-corrected chi connectivity index (χ4v) is 2.03. The molecule has 0 aromatic heterocycles. The largest absolute Gasteiger partial charge is 0.508 e. The molecule has 2 rings (SSSR count). The van der Waals surface area contributed by atoms with E-state index in [1.165, 1.54) is 5.56 Å². The maximum Gasteiger partial charge on any atom is 0.115 e. The average molecular weight is 241 g/mol. The number of benzene rings is 2. The van der Waals surface area contributed by atoms with Gasteiger partial charge in [0.1, 0.15) is 5.75 Å². The number of phenolic OH excluding ortho intramolecular Hbond substituents is 1. The lowest BCUT2D eigenvalue weighted by molar-refractivity contribution is 0.271. The summed E-state index contributed by atoms with van der Waals surface area (Å²) >= 11 is 0. The van der Waals surface area contributed by atoms with Gasteiger partial charge in [-0.2, -0.15) is 0 Å². The van der Waals surface area contributed by atoms with Gasteiger partial charge in [0.15, 0.2) is 0 Å². The van der Waals surface area contributed by atoms with Crippen molar-refractivity contribution >= 4 is 0 Å². The maximum atomic E-state index is 9.47. The van der Waals surface area contributed by atoms with E-state index >= 15 is 0 Å². The Morgan fingerprint density at radius 1 is 0.889 bits per heavy atom. The topological polar surface area (TPSA) is 23.5 Å². The van der Waals surface area contributed by atoms with Crippen molar-refractivity contribution in [1.29, 1.82) is 0 Å². The average Bonchev–Trinajstić information content (AvgIpc) is 2.39. The highest BCUT2D eigenvalue weighted by Gasteiger charge is 2.05. The van der Waals surface area contributed by atoms with Gasteiger partial charge in [0.2, 0.25) is 0 Å². The maximum absolute atomic E-state index is 9.47. The smallest absolute Gasteiger partial charge is 0.115 e. The van der Waals surface area contributed by atoms with Crippen LogP contribution in [0.2, 0.25) is 0 Å². The zero-order chi connectivity index (χ0) is 12.8. The van der Waals surface area contributed by atoms with Gasteiger partial charge in [0.05, 0.1) is 0 Å². The van der Waals surface area contributed by atoms with E-state index in [1.807, 2.05) is 24.3 Å². The second-order valence-corrected chi connectivity index (χ2v) is 4.46. The predicted molar refractivity (Wildman–Crippen MR) is 74.3 cm³/mol. The summed E-state index contributed by atoms with van der Waals surface area (Å²) in [6, 6.07) is 17.9. The van der Waals surface area contributed by atoms with Crippen molar-refractivity contribution in [3.05, 3.63) is 65.7 Å². The molecule has 0 heterocycles. The third kappa shape index (κ3) is 3.60. The predicted octanol–water partition coefficient (Wildman–Crippen LogP) is 3.41. The lowest BCUT2D eigenvalue weighted by Gasteiger charge is -2.20. The van der Waals surface area contributed by atoms with Crippen LogP contribution in [0, 0.1) is 0 Å². The molecule has 0 unspecified atom stereocenters. The van der Waals surface area contributed by atoms with Gasteiger partial charge in [-0.15, -0.1) is 0 Å². The molecular formula is C16H19NO. The van der Waals surface area contributed by atoms with Gasteiger partial charge >= 0.3 is 0 Å². The number of hydrogen-bond donors (Lipinski definition) is 1. The summed E-state index contributed by atoms with van der Waals surface area (Å²) in [7, 11) is 0. The number of rotatable bonds is 5. The molecule has 2 aromatic carbocycles. The molecule has 2 heteroatoms. The van der Waals surface area contributed by atoms with Crippen molar-refractivity contribution in [1.82, 2.24) is 4.90 Å².